The molecule has 0 saturated heterocycles. The first-order valence-electron chi connectivity index (χ1n) is 7.04. The quantitative estimate of drug-likeness (QED) is 0.894. The predicted octanol–water partition coefficient (Wildman–Crippen LogP) is 4.01. The van der Waals surface area contributed by atoms with Crippen molar-refractivity contribution in [1.82, 2.24) is 0 Å². The normalized spacial score (nSPS) is 14.3. The zero-order chi connectivity index (χ0) is 14.8. The average Bonchev–Trinajstić information content (AvgIpc) is 2.23. The number of nitrogens with two attached hydrogens (primary N) is 1. The molecule has 0 amide bonds. The van der Waals surface area contributed by atoms with Gasteiger partial charge in [-0.1, -0.05) is 47.6 Å². The zero-order valence-electron chi connectivity index (χ0n) is 13.5. The van der Waals surface area contributed by atoms with Gasteiger partial charge in [0.1, 0.15) is 12.4 Å². The number of benzene rings is 1. The maximum absolute atomic E-state index is 5.81. The third-order valence-corrected chi connectivity index (χ3v) is 3.15. The van der Waals surface area contributed by atoms with Crippen LogP contribution in [0.1, 0.15) is 59.6 Å². The van der Waals surface area contributed by atoms with Gasteiger partial charge in [0.2, 0.25) is 0 Å². The van der Waals surface area contributed by atoms with Crippen molar-refractivity contribution >= 4 is 0 Å². The topological polar surface area (TPSA) is 35.2 Å². The Morgan fingerprint density at radius 1 is 0.947 bits per heavy atom. The lowest BCUT2D eigenvalue weighted by Gasteiger charge is -2.26. The van der Waals surface area contributed by atoms with Gasteiger partial charge in [0.25, 0.3) is 0 Å². The minimum absolute atomic E-state index is 0.0522. The highest BCUT2D eigenvalue weighted by Crippen LogP contribution is 2.32. The lowest BCUT2D eigenvalue weighted by Crippen LogP contribution is -2.24. The van der Waals surface area contributed by atoms with E-state index in [9.17, 15) is 0 Å². The van der Waals surface area contributed by atoms with Crippen molar-refractivity contribution in [2.24, 2.45) is 5.73 Å². The van der Waals surface area contributed by atoms with Crippen molar-refractivity contribution in [2.75, 3.05) is 6.61 Å². The fraction of sp³-hybridized carbons (Fsp3) is 0.647. The molecule has 1 atom stereocenters. The van der Waals surface area contributed by atoms with E-state index in [0.29, 0.717) is 6.61 Å². The van der Waals surface area contributed by atoms with Gasteiger partial charge < -0.3 is 10.5 Å². The number of hydrogen-bond donors (Lipinski definition) is 1. The van der Waals surface area contributed by atoms with Crippen LogP contribution in [0.3, 0.4) is 0 Å². The molecule has 0 saturated carbocycles. The summed E-state index contributed by atoms with van der Waals surface area (Å²) in [4.78, 5) is 0. The molecule has 1 unspecified atom stereocenters. The van der Waals surface area contributed by atoms with Crippen LogP contribution in [0, 0.1) is 0 Å². The molecule has 0 aliphatic heterocycles. The molecule has 0 bridgehead atoms. The Morgan fingerprint density at radius 3 is 1.68 bits per heavy atom. The summed E-state index contributed by atoms with van der Waals surface area (Å²) in [5.41, 5.74) is 8.61. The number of hydrogen-bond acceptors (Lipinski definition) is 2. The molecule has 1 aromatic rings. The van der Waals surface area contributed by atoms with Gasteiger partial charge in [-0.25, -0.2) is 0 Å². The molecular weight excluding hydrogens is 234 g/mol. The third kappa shape index (κ3) is 4.87. The largest absolute Gasteiger partial charge is 0.492 e. The summed E-state index contributed by atoms with van der Waals surface area (Å²) in [5.74, 6) is 0.926. The van der Waals surface area contributed by atoms with Crippen LogP contribution in [0.25, 0.3) is 0 Å². The predicted molar refractivity (Wildman–Crippen MR) is 83.0 cm³/mol. The molecule has 108 valence electrons. The molecule has 0 radical (unpaired) electrons. The van der Waals surface area contributed by atoms with Crippen molar-refractivity contribution in [1.29, 1.82) is 0 Å². The van der Waals surface area contributed by atoms with E-state index in [1.54, 1.807) is 0 Å². The average molecular weight is 263 g/mol. The highest BCUT2D eigenvalue weighted by Gasteiger charge is 2.20. The van der Waals surface area contributed by atoms with Gasteiger partial charge in [0.15, 0.2) is 0 Å². The van der Waals surface area contributed by atoms with E-state index >= 15 is 0 Å². The second kappa shape index (κ2) is 5.54. The van der Waals surface area contributed by atoms with Crippen LogP contribution in [0.4, 0.5) is 0 Å². The maximum Gasteiger partial charge on any atom is 0.119 e. The smallest absolute Gasteiger partial charge is 0.119 e. The minimum atomic E-state index is 0.0522. The molecule has 0 fully saturated rings. The van der Waals surface area contributed by atoms with Crippen molar-refractivity contribution in [3.05, 3.63) is 29.3 Å². The van der Waals surface area contributed by atoms with Crippen LogP contribution in [-0.2, 0) is 10.8 Å². The van der Waals surface area contributed by atoms with Crippen molar-refractivity contribution < 1.29 is 4.74 Å². The second-order valence-electron chi connectivity index (χ2n) is 7.53. The molecule has 19 heavy (non-hydrogen) atoms. The molecule has 2 nitrogen and oxygen atoms in total. The highest BCUT2D eigenvalue weighted by atomic mass is 16.5. The summed E-state index contributed by atoms with van der Waals surface area (Å²) in [6, 6.07) is 6.62. The van der Waals surface area contributed by atoms with Gasteiger partial charge in [-0.2, -0.15) is 0 Å². The van der Waals surface area contributed by atoms with Gasteiger partial charge >= 0.3 is 0 Å². The Bertz CT molecular complexity index is 390. The SMILES string of the molecule is CC(N)COc1cc(C(C)(C)C)cc(C(C)(C)C)c1. The van der Waals surface area contributed by atoms with Gasteiger partial charge in [0, 0.05) is 6.04 Å². The Balaban J connectivity index is 3.17. The molecule has 1 aromatic carbocycles. The standard InChI is InChI=1S/C17H29NO/c1-12(18)11-19-15-9-13(16(2,3)4)8-14(10-15)17(5,6)7/h8-10,12H,11,18H2,1-7H3. The molecule has 0 aliphatic carbocycles. The van der Waals surface area contributed by atoms with Gasteiger partial charge in [-0.15, -0.1) is 0 Å². The van der Waals surface area contributed by atoms with Crippen LogP contribution in [0.5, 0.6) is 5.75 Å². The molecule has 2 heteroatoms. The fourth-order valence-electron chi connectivity index (χ4n) is 1.78. The summed E-state index contributed by atoms with van der Waals surface area (Å²) >= 11 is 0. The van der Waals surface area contributed by atoms with Crippen molar-refractivity contribution in [3.8, 4) is 5.75 Å². The summed E-state index contributed by atoms with van der Waals surface area (Å²) in [6.07, 6.45) is 0. The Morgan fingerprint density at radius 2 is 1.37 bits per heavy atom. The molecule has 0 spiro atoms. The van der Waals surface area contributed by atoms with E-state index in [4.69, 9.17) is 10.5 Å². The van der Waals surface area contributed by atoms with Crippen LogP contribution in [0.2, 0.25) is 0 Å². The van der Waals surface area contributed by atoms with Gasteiger partial charge in [0.05, 0.1) is 0 Å². The number of ether oxygens (including phenoxy) is 1. The molecule has 1 rings (SSSR count). The summed E-state index contributed by atoms with van der Waals surface area (Å²) in [5, 5.41) is 0. The Kier molecular flexibility index (Phi) is 4.67. The Labute approximate surface area is 118 Å². The first-order chi connectivity index (χ1) is 8.50. The Hall–Kier alpha value is -1.02. The minimum Gasteiger partial charge on any atom is -0.492 e. The first kappa shape index (κ1) is 16.0. The van der Waals surface area contributed by atoms with Crippen LogP contribution >= 0.6 is 0 Å². The summed E-state index contributed by atoms with van der Waals surface area (Å²) < 4.78 is 5.81. The first-order valence-corrected chi connectivity index (χ1v) is 7.04. The number of rotatable bonds is 3. The van der Waals surface area contributed by atoms with E-state index in [0.717, 1.165) is 5.75 Å². The molecule has 0 heterocycles. The van der Waals surface area contributed by atoms with Crippen LogP contribution in [-0.4, -0.2) is 12.6 Å². The highest BCUT2D eigenvalue weighted by molar-refractivity contribution is 5.40. The van der Waals surface area contributed by atoms with Gasteiger partial charge in [-0.05, 0) is 41.0 Å². The summed E-state index contributed by atoms with van der Waals surface area (Å²) in [7, 11) is 0. The fourth-order valence-corrected chi connectivity index (χ4v) is 1.78. The lowest BCUT2D eigenvalue weighted by atomic mass is 9.80. The van der Waals surface area contributed by atoms with E-state index in [1.165, 1.54) is 11.1 Å². The molecule has 2 N–H and O–H groups in total. The monoisotopic (exact) mass is 263 g/mol. The zero-order valence-corrected chi connectivity index (χ0v) is 13.5. The van der Waals surface area contributed by atoms with Gasteiger partial charge in [-0.3, -0.25) is 0 Å². The second-order valence-corrected chi connectivity index (χ2v) is 7.53. The third-order valence-electron chi connectivity index (χ3n) is 3.15. The molecule has 0 aliphatic rings. The van der Waals surface area contributed by atoms with E-state index in [2.05, 4.69) is 59.7 Å². The van der Waals surface area contributed by atoms with E-state index < -0.39 is 0 Å². The van der Waals surface area contributed by atoms with E-state index in [1.807, 2.05) is 6.92 Å². The summed E-state index contributed by atoms with van der Waals surface area (Å²) in [6.45, 7) is 15.9. The van der Waals surface area contributed by atoms with Crippen molar-refractivity contribution in [2.45, 2.75) is 65.3 Å². The lowest BCUT2D eigenvalue weighted by molar-refractivity contribution is 0.294. The molecular formula is C17H29NO. The molecule has 0 aromatic heterocycles. The maximum atomic E-state index is 5.81. The van der Waals surface area contributed by atoms with Crippen molar-refractivity contribution in [3.63, 3.8) is 0 Å². The van der Waals surface area contributed by atoms with Crippen LogP contribution < -0.4 is 10.5 Å². The van der Waals surface area contributed by atoms with E-state index in [-0.39, 0.29) is 16.9 Å². The van der Waals surface area contributed by atoms with Crippen LogP contribution in [0.15, 0.2) is 18.2 Å².